The molecule has 0 bridgehead atoms. The summed E-state index contributed by atoms with van der Waals surface area (Å²) >= 11 is 13.6. The minimum absolute atomic E-state index is 0.127. The molecule has 1 aromatic carbocycles. The first-order chi connectivity index (χ1) is 13.0. The van der Waals surface area contributed by atoms with E-state index < -0.39 is 0 Å². The van der Waals surface area contributed by atoms with E-state index >= 15 is 0 Å². The van der Waals surface area contributed by atoms with Crippen LogP contribution < -0.4 is 0 Å². The maximum absolute atomic E-state index is 12.8. The third-order valence-corrected chi connectivity index (χ3v) is 5.31. The molecular formula is C20H17Cl2N3OS. The Balaban J connectivity index is 1.80. The quantitative estimate of drug-likeness (QED) is 0.504. The third-order valence-electron chi connectivity index (χ3n) is 3.78. The Morgan fingerprint density at radius 2 is 2.04 bits per heavy atom. The van der Waals surface area contributed by atoms with Gasteiger partial charge in [0.15, 0.2) is 0 Å². The highest BCUT2D eigenvalue weighted by atomic mass is 35.5. The van der Waals surface area contributed by atoms with Crippen molar-refractivity contribution in [2.75, 3.05) is 0 Å². The summed E-state index contributed by atoms with van der Waals surface area (Å²) in [6, 6.07) is 11.0. The largest absolute Gasteiger partial charge is 0.329 e. The number of aryl methyl sites for hydroxylation is 1. The van der Waals surface area contributed by atoms with Gasteiger partial charge in [-0.15, -0.1) is 11.3 Å². The zero-order valence-electron chi connectivity index (χ0n) is 14.6. The molecule has 3 aromatic rings. The number of carbonyl (C=O) groups is 1. The van der Waals surface area contributed by atoms with Crippen molar-refractivity contribution in [2.45, 2.75) is 20.0 Å². The lowest BCUT2D eigenvalue weighted by molar-refractivity contribution is -0.127. The Bertz CT molecular complexity index is 957. The summed E-state index contributed by atoms with van der Waals surface area (Å²) < 4.78 is 0. The van der Waals surface area contributed by atoms with Gasteiger partial charge in [-0.2, -0.15) is 0 Å². The molecule has 0 spiro atoms. The van der Waals surface area contributed by atoms with Crippen molar-refractivity contribution >= 4 is 46.5 Å². The topological polar surface area (TPSA) is 46.1 Å². The Morgan fingerprint density at radius 1 is 1.19 bits per heavy atom. The molecular weight excluding hydrogens is 401 g/mol. The summed E-state index contributed by atoms with van der Waals surface area (Å²) in [5, 5.41) is 3.83. The SMILES string of the molecule is Cc1nc(/C=C\C(=O)N(Cc2ccc(Cl)c(Cl)c2)Cc2ccccn2)cs1. The van der Waals surface area contributed by atoms with Crippen molar-refractivity contribution in [1.82, 2.24) is 14.9 Å². The van der Waals surface area contributed by atoms with Crippen LogP contribution in [-0.4, -0.2) is 20.8 Å². The number of rotatable bonds is 6. The van der Waals surface area contributed by atoms with E-state index in [2.05, 4.69) is 9.97 Å². The number of hydrogen-bond acceptors (Lipinski definition) is 4. The van der Waals surface area contributed by atoms with Crippen molar-refractivity contribution in [3.63, 3.8) is 0 Å². The van der Waals surface area contributed by atoms with Gasteiger partial charge in [0, 0.05) is 24.2 Å². The second kappa shape index (κ2) is 9.13. The number of pyridine rings is 1. The molecule has 1 amide bonds. The molecule has 0 fully saturated rings. The van der Waals surface area contributed by atoms with Gasteiger partial charge in [0.1, 0.15) is 0 Å². The minimum Gasteiger partial charge on any atom is -0.329 e. The number of thiazole rings is 1. The predicted octanol–water partition coefficient (Wildman–Crippen LogP) is 5.40. The van der Waals surface area contributed by atoms with Gasteiger partial charge in [-0.1, -0.05) is 35.3 Å². The van der Waals surface area contributed by atoms with Gasteiger partial charge in [-0.05, 0) is 42.8 Å². The molecule has 0 unspecified atom stereocenters. The molecule has 0 saturated heterocycles. The molecule has 4 nitrogen and oxygen atoms in total. The molecule has 138 valence electrons. The maximum Gasteiger partial charge on any atom is 0.247 e. The van der Waals surface area contributed by atoms with Crippen molar-refractivity contribution in [3.8, 4) is 0 Å². The van der Waals surface area contributed by atoms with Gasteiger partial charge < -0.3 is 4.90 Å². The highest BCUT2D eigenvalue weighted by Gasteiger charge is 2.14. The van der Waals surface area contributed by atoms with Crippen molar-refractivity contribution < 1.29 is 4.79 Å². The lowest BCUT2D eigenvalue weighted by Crippen LogP contribution is -2.28. The van der Waals surface area contributed by atoms with Crippen molar-refractivity contribution in [2.24, 2.45) is 0 Å². The standard InChI is InChI=1S/C20H17Cl2N3OS/c1-14-24-17(13-27-14)6-8-20(26)25(12-16-4-2-3-9-23-16)11-15-5-7-18(21)19(22)10-15/h2-10,13H,11-12H2,1H3/b8-6-. The number of aromatic nitrogens is 2. The lowest BCUT2D eigenvalue weighted by atomic mass is 10.2. The number of benzene rings is 1. The highest BCUT2D eigenvalue weighted by Crippen LogP contribution is 2.23. The third kappa shape index (κ3) is 5.63. The van der Waals surface area contributed by atoms with E-state index in [1.165, 1.54) is 6.08 Å². The van der Waals surface area contributed by atoms with E-state index in [1.54, 1.807) is 40.6 Å². The molecule has 0 radical (unpaired) electrons. The van der Waals surface area contributed by atoms with E-state index in [9.17, 15) is 4.79 Å². The van der Waals surface area contributed by atoms with Gasteiger partial charge in [0.05, 0.1) is 33.0 Å². The number of hydrogen-bond donors (Lipinski definition) is 0. The van der Waals surface area contributed by atoms with Crippen LogP contribution in [0.15, 0.2) is 54.1 Å². The average molecular weight is 418 g/mol. The maximum atomic E-state index is 12.8. The molecule has 0 aliphatic carbocycles. The van der Waals surface area contributed by atoms with Gasteiger partial charge in [-0.25, -0.2) is 4.98 Å². The average Bonchev–Trinajstić information content (AvgIpc) is 3.08. The molecule has 0 atom stereocenters. The van der Waals surface area contributed by atoms with Crippen LogP contribution in [0.3, 0.4) is 0 Å². The molecule has 3 rings (SSSR count). The number of halogens is 2. The molecule has 0 aliphatic rings. The first-order valence-corrected chi connectivity index (χ1v) is 9.88. The first kappa shape index (κ1) is 19.5. The van der Waals surface area contributed by atoms with Crippen LogP contribution in [0.25, 0.3) is 6.08 Å². The first-order valence-electron chi connectivity index (χ1n) is 8.24. The van der Waals surface area contributed by atoms with Gasteiger partial charge in [0.25, 0.3) is 0 Å². The monoisotopic (exact) mass is 417 g/mol. The zero-order chi connectivity index (χ0) is 19.2. The lowest BCUT2D eigenvalue weighted by Gasteiger charge is -2.21. The second-order valence-corrected chi connectivity index (χ2v) is 7.77. The van der Waals surface area contributed by atoms with E-state index in [1.807, 2.05) is 36.6 Å². The normalized spacial score (nSPS) is 11.1. The molecule has 2 aromatic heterocycles. The van der Waals surface area contributed by atoms with Crippen LogP contribution in [0.1, 0.15) is 22.0 Å². The van der Waals surface area contributed by atoms with Crippen LogP contribution in [0.2, 0.25) is 10.0 Å². The van der Waals surface area contributed by atoms with E-state index in [0.717, 1.165) is 22.0 Å². The summed E-state index contributed by atoms with van der Waals surface area (Å²) in [4.78, 5) is 23.2. The van der Waals surface area contributed by atoms with Crippen molar-refractivity contribution in [3.05, 3.63) is 86.1 Å². The zero-order valence-corrected chi connectivity index (χ0v) is 16.9. The summed E-state index contributed by atoms with van der Waals surface area (Å²) in [6.07, 6.45) is 4.98. The minimum atomic E-state index is -0.127. The van der Waals surface area contributed by atoms with E-state index in [4.69, 9.17) is 23.2 Å². The summed E-state index contributed by atoms with van der Waals surface area (Å²) in [5.41, 5.74) is 2.48. The van der Waals surface area contributed by atoms with Gasteiger partial charge in [-0.3, -0.25) is 9.78 Å². The fraction of sp³-hybridized carbons (Fsp3) is 0.150. The number of nitrogens with zero attached hydrogens (tertiary/aromatic N) is 3. The highest BCUT2D eigenvalue weighted by molar-refractivity contribution is 7.09. The van der Waals surface area contributed by atoms with Crippen LogP contribution in [0.5, 0.6) is 0 Å². The van der Waals surface area contributed by atoms with Gasteiger partial charge >= 0.3 is 0 Å². The number of amides is 1. The van der Waals surface area contributed by atoms with Crippen LogP contribution in [0.4, 0.5) is 0 Å². The van der Waals surface area contributed by atoms with Crippen LogP contribution in [-0.2, 0) is 17.9 Å². The van der Waals surface area contributed by atoms with Gasteiger partial charge in [0.2, 0.25) is 5.91 Å². The Labute approximate surface area is 172 Å². The molecule has 0 aliphatic heterocycles. The van der Waals surface area contributed by atoms with Crippen LogP contribution in [0, 0.1) is 6.92 Å². The van der Waals surface area contributed by atoms with Crippen molar-refractivity contribution in [1.29, 1.82) is 0 Å². The summed E-state index contributed by atoms with van der Waals surface area (Å²) in [5.74, 6) is -0.127. The Morgan fingerprint density at radius 3 is 2.70 bits per heavy atom. The molecule has 0 N–H and O–H groups in total. The van der Waals surface area contributed by atoms with Crippen LogP contribution >= 0.6 is 34.5 Å². The summed E-state index contributed by atoms with van der Waals surface area (Å²) in [6.45, 7) is 2.72. The second-order valence-electron chi connectivity index (χ2n) is 5.89. The number of carbonyl (C=O) groups excluding carboxylic acids is 1. The smallest absolute Gasteiger partial charge is 0.247 e. The molecule has 2 heterocycles. The fourth-order valence-corrected chi connectivity index (χ4v) is 3.38. The predicted molar refractivity (Wildman–Crippen MR) is 111 cm³/mol. The van der Waals surface area contributed by atoms with E-state index in [-0.39, 0.29) is 5.91 Å². The Kier molecular flexibility index (Phi) is 6.61. The molecule has 27 heavy (non-hydrogen) atoms. The van der Waals surface area contributed by atoms with E-state index in [0.29, 0.717) is 23.1 Å². The molecule has 0 saturated carbocycles. The fourth-order valence-electron chi connectivity index (χ4n) is 2.48. The summed E-state index contributed by atoms with van der Waals surface area (Å²) in [7, 11) is 0. The molecule has 7 heteroatoms. The Hall–Kier alpha value is -2.21.